The number of nitrogens with zero attached hydrogens (tertiary/aromatic N) is 2. The zero-order valence-electron chi connectivity index (χ0n) is 10.3. The summed E-state index contributed by atoms with van der Waals surface area (Å²) in [5, 5.41) is 3.06. The van der Waals surface area contributed by atoms with Gasteiger partial charge in [0.2, 0.25) is 0 Å². The van der Waals surface area contributed by atoms with Crippen LogP contribution in [-0.4, -0.2) is 24.1 Å². The third-order valence-electron chi connectivity index (χ3n) is 2.53. The Morgan fingerprint density at radius 3 is 2.94 bits per heavy atom. The van der Waals surface area contributed by atoms with Crippen LogP contribution in [0.15, 0.2) is 30.5 Å². The first-order chi connectivity index (χ1) is 8.72. The third kappa shape index (κ3) is 3.10. The number of methoxy groups -OCH3 is 1. The number of anilines is 1. The molecule has 94 valence electrons. The zero-order chi connectivity index (χ0) is 13.0. The molecule has 0 unspecified atom stereocenters. The molecule has 0 radical (unpaired) electrons. The van der Waals surface area contributed by atoms with Crippen molar-refractivity contribution >= 4 is 28.4 Å². The molecule has 0 spiro atoms. The Labute approximate surface area is 120 Å². The second-order valence-electron chi connectivity index (χ2n) is 3.76. The number of nitrogens with one attached hydrogen (secondary N) is 1. The lowest BCUT2D eigenvalue weighted by Gasteiger charge is -2.06. The number of hydrogen-bond acceptors (Lipinski definition) is 4. The molecule has 0 aliphatic rings. The molecule has 0 saturated heterocycles. The third-order valence-corrected chi connectivity index (χ3v) is 3.32. The summed E-state index contributed by atoms with van der Waals surface area (Å²) >= 11 is 2.21. The van der Waals surface area contributed by atoms with Gasteiger partial charge in [-0.2, -0.15) is 0 Å². The van der Waals surface area contributed by atoms with Crippen LogP contribution in [0.4, 0.5) is 5.82 Å². The molecule has 5 heteroatoms. The minimum absolute atomic E-state index is 0.697. The monoisotopic (exact) mass is 355 g/mol. The van der Waals surface area contributed by atoms with Crippen LogP contribution in [0, 0.1) is 3.57 Å². The van der Waals surface area contributed by atoms with Gasteiger partial charge in [0, 0.05) is 19.7 Å². The lowest BCUT2D eigenvalue weighted by Crippen LogP contribution is -2.03. The highest BCUT2D eigenvalue weighted by molar-refractivity contribution is 14.1. The molecule has 2 rings (SSSR count). The first kappa shape index (κ1) is 13.1. The molecule has 4 nitrogen and oxygen atoms in total. The quantitative estimate of drug-likeness (QED) is 0.857. The first-order valence-electron chi connectivity index (χ1n) is 5.55. The number of halogens is 1. The van der Waals surface area contributed by atoms with Gasteiger partial charge in [-0.05, 0) is 40.3 Å². The fraction of sp³-hybridized carbons (Fsp3) is 0.231. The van der Waals surface area contributed by atoms with E-state index < -0.39 is 0 Å². The van der Waals surface area contributed by atoms with E-state index >= 15 is 0 Å². The first-order valence-corrected chi connectivity index (χ1v) is 6.63. The van der Waals surface area contributed by atoms with Gasteiger partial charge < -0.3 is 10.1 Å². The fourth-order valence-electron chi connectivity index (χ4n) is 1.63. The van der Waals surface area contributed by atoms with E-state index in [9.17, 15) is 0 Å². The van der Waals surface area contributed by atoms with E-state index in [1.54, 1.807) is 7.11 Å². The predicted octanol–water partition coefficient (Wildman–Crippen LogP) is 2.72. The second-order valence-corrected chi connectivity index (χ2v) is 4.92. The van der Waals surface area contributed by atoms with Crippen molar-refractivity contribution in [3.05, 3.63) is 45.4 Å². The van der Waals surface area contributed by atoms with Gasteiger partial charge in [-0.3, -0.25) is 0 Å². The summed E-state index contributed by atoms with van der Waals surface area (Å²) in [5.41, 5.74) is 1.14. The normalized spacial score (nSPS) is 10.2. The molecule has 0 saturated carbocycles. The molecule has 0 aliphatic carbocycles. The SMILES string of the molecule is CNc1nc(Cc2cccc(OC)c2)ncc1I. The van der Waals surface area contributed by atoms with E-state index in [0.717, 1.165) is 26.5 Å². The molecule has 1 heterocycles. The van der Waals surface area contributed by atoms with Gasteiger partial charge in [0.05, 0.1) is 10.7 Å². The highest BCUT2D eigenvalue weighted by Crippen LogP contribution is 2.17. The van der Waals surface area contributed by atoms with Crippen molar-refractivity contribution in [1.29, 1.82) is 0 Å². The van der Waals surface area contributed by atoms with Crippen LogP contribution < -0.4 is 10.1 Å². The maximum absolute atomic E-state index is 5.20. The Hall–Kier alpha value is -1.37. The summed E-state index contributed by atoms with van der Waals surface area (Å²) in [4.78, 5) is 8.81. The van der Waals surface area contributed by atoms with Gasteiger partial charge in [-0.25, -0.2) is 9.97 Å². The van der Waals surface area contributed by atoms with Crippen LogP contribution in [0.25, 0.3) is 0 Å². The van der Waals surface area contributed by atoms with Crippen molar-refractivity contribution in [2.75, 3.05) is 19.5 Å². The molecule has 18 heavy (non-hydrogen) atoms. The molecule has 0 amide bonds. The molecule has 2 aromatic rings. The zero-order valence-corrected chi connectivity index (χ0v) is 12.4. The van der Waals surface area contributed by atoms with Gasteiger partial charge in [-0.15, -0.1) is 0 Å². The summed E-state index contributed by atoms with van der Waals surface area (Å²) in [5.74, 6) is 2.52. The van der Waals surface area contributed by atoms with Crippen molar-refractivity contribution in [3.63, 3.8) is 0 Å². The molecule has 0 fully saturated rings. The van der Waals surface area contributed by atoms with E-state index in [2.05, 4.69) is 37.9 Å². The summed E-state index contributed by atoms with van der Waals surface area (Å²) in [6.45, 7) is 0. The minimum Gasteiger partial charge on any atom is -0.497 e. The molecular weight excluding hydrogens is 341 g/mol. The van der Waals surface area contributed by atoms with Crippen LogP contribution in [0.1, 0.15) is 11.4 Å². The average molecular weight is 355 g/mol. The highest BCUT2D eigenvalue weighted by Gasteiger charge is 2.05. The molecule has 0 aliphatic heterocycles. The second kappa shape index (κ2) is 5.99. The fourth-order valence-corrected chi connectivity index (χ4v) is 2.16. The molecule has 0 bridgehead atoms. The Balaban J connectivity index is 2.22. The molecule has 0 atom stereocenters. The Bertz CT molecular complexity index is 546. The lowest BCUT2D eigenvalue weighted by atomic mass is 10.1. The topological polar surface area (TPSA) is 47.0 Å². The van der Waals surface area contributed by atoms with Crippen molar-refractivity contribution < 1.29 is 4.74 Å². The van der Waals surface area contributed by atoms with Crippen molar-refractivity contribution in [2.45, 2.75) is 6.42 Å². The van der Waals surface area contributed by atoms with Crippen molar-refractivity contribution in [2.24, 2.45) is 0 Å². The maximum atomic E-state index is 5.20. The molecular formula is C13H14IN3O. The number of rotatable bonds is 4. The number of aromatic nitrogens is 2. The Kier molecular flexibility index (Phi) is 4.35. The molecule has 1 N–H and O–H groups in total. The van der Waals surface area contributed by atoms with Gasteiger partial charge in [-0.1, -0.05) is 12.1 Å². The smallest absolute Gasteiger partial charge is 0.142 e. The minimum atomic E-state index is 0.697. The van der Waals surface area contributed by atoms with Crippen LogP contribution in [0.2, 0.25) is 0 Å². The van der Waals surface area contributed by atoms with E-state index in [1.807, 2.05) is 37.5 Å². The van der Waals surface area contributed by atoms with Gasteiger partial charge in [0.25, 0.3) is 0 Å². The summed E-state index contributed by atoms with van der Waals surface area (Å²) in [7, 11) is 3.53. The number of ether oxygens (including phenoxy) is 1. The highest BCUT2D eigenvalue weighted by atomic mass is 127. The van der Waals surface area contributed by atoms with E-state index in [4.69, 9.17) is 4.74 Å². The van der Waals surface area contributed by atoms with Crippen LogP contribution in [-0.2, 0) is 6.42 Å². The van der Waals surface area contributed by atoms with Gasteiger partial charge in [0.15, 0.2) is 0 Å². The Morgan fingerprint density at radius 2 is 2.22 bits per heavy atom. The standard InChI is InChI=1S/C13H14IN3O/c1-15-13-11(14)8-16-12(17-13)7-9-4-3-5-10(6-9)18-2/h3-6,8H,7H2,1-2H3,(H,15,16,17). The average Bonchev–Trinajstić information content (AvgIpc) is 2.41. The van der Waals surface area contributed by atoms with E-state index in [0.29, 0.717) is 6.42 Å². The molecule has 1 aromatic heterocycles. The largest absolute Gasteiger partial charge is 0.497 e. The van der Waals surface area contributed by atoms with Crippen LogP contribution in [0.3, 0.4) is 0 Å². The van der Waals surface area contributed by atoms with Crippen molar-refractivity contribution in [3.8, 4) is 5.75 Å². The predicted molar refractivity (Wildman–Crippen MR) is 80.1 cm³/mol. The van der Waals surface area contributed by atoms with Gasteiger partial charge >= 0.3 is 0 Å². The van der Waals surface area contributed by atoms with Crippen LogP contribution in [0.5, 0.6) is 5.75 Å². The molecule has 1 aromatic carbocycles. The summed E-state index contributed by atoms with van der Waals surface area (Å²) in [6, 6.07) is 7.94. The lowest BCUT2D eigenvalue weighted by molar-refractivity contribution is 0.414. The number of benzene rings is 1. The van der Waals surface area contributed by atoms with E-state index in [1.165, 1.54) is 0 Å². The van der Waals surface area contributed by atoms with Crippen molar-refractivity contribution in [1.82, 2.24) is 9.97 Å². The summed E-state index contributed by atoms with van der Waals surface area (Å²) < 4.78 is 6.22. The Morgan fingerprint density at radius 1 is 1.39 bits per heavy atom. The van der Waals surface area contributed by atoms with E-state index in [-0.39, 0.29) is 0 Å². The van der Waals surface area contributed by atoms with Gasteiger partial charge in [0.1, 0.15) is 17.4 Å². The maximum Gasteiger partial charge on any atom is 0.142 e. The number of hydrogen-bond donors (Lipinski definition) is 1. The summed E-state index contributed by atoms with van der Waals surface area (Å²) in [6.07, 6.45) is 2.53. The van der Waals surface area contributed by atoms with Crippen LogP contribution >= 0.6 is 22.6 Å².